The Kier molecular flexibility index (Phi) is 7.91. The van der Waals surface area contributed by atoms with Crippen LogP contribution < -0.4 is 5.32 Å². The van der Waals surface area contributed by atoms with Crippen LogP contribution in [0.1, 0.15) is 34.1 Å². The first-order chi connectivity index (χ1) is 7.89. The number of hydrogen-bond acceptors (Lipinski definition) is 4. The minimum absolute atomic E-state index is 0.00216. The number of amides is 1. The average Bonchev–Trinajstić information content (AvgIpc) is 2.20. The molecule has 0 aliphatic heterocycles. The Labute approximate surface area is 104 Å². The van der Waals surface area contributed by atoms with Crippen molar-refractivity contribution in [2.45, 2.75) is 45.8 Å². The Morgan fingerprint density at radius 1 is 1.29 bits per heavy atom. The number of carbonyl (C=O) groups excluding carboxylic acids is 1. The first-order valence-electron chi connectivity index (χ1n) is 5.96. The van der Waals surface area contributed by atoms with Gasteiger partial charge in [0.25, 0.3) is 0 Å². The van der Waals surface area contributed by atoms with Gasteiger partial charge in [-0.05, 0) is 27.2 Å². The van der Waals surface area contributed by atoms with E-state index in [0.29, 0.717) is 19.8 Å². The molecule has 0 saturated heterocycles. The van der Waals surface area contributed by atoms with E-state index in [0.717, 1.165) is 6.42 Å². The summed E-state index contributed by atoms with van der Waals surface area (Å²) in [5.41, 5.74) is -0.470. The maximum Gasteiger partial charge on any atom is 0.407 e. The molecule has 0 fully saturated rings. The van der Waals surface area contributed by atoms with Gasteiger partial charge in [0.15, 0.2) is 0 Å². The predicted molar refractivity (Wildman–Crippen MR) is 66.1 cm³/mol. The minimum Gasteiger partial charge on any atom is -0.444 e. The molecule has 0 aliphatic carbocycles. The number of methoxy groups -OCH3 is 1. The lowest BCUT2D eigenvalue weighted by molar-refractivity contribution is 0.0113. The summed E-state index contributed by atoms with van der Waals surface area (Å²) in [6.45, 7) is 9.05. The van der Waals surface area contributed by atoms with Gasteiger partial charge in [-0.1, -0.05) is 6.92 Å². The average molecular weight is 247 g/mol. The highest BCUT2D eigenvalue weighted by molar-refractivity contribution is 5.67. The highest BCUT2D eigenvalue weighted by atomic mass is 16.6. The number of alkyl carbamates (subject to hydrolysis) is 1. The summed E-state index contributed by atoms with van der Waals surface area (Å²) in [7, 11) is 1.63. The van der Waals surface area contributed by atoms with Crippen molar-refractivity contribution in [1.82, 2.24) is 5.32 Å². The molecule has 1 N–H and O–H groups in total. The summed E-state index contributed by atoms with van der Waals surface area (Å²) < 4.78 is 15.5. The Bertz CT molecular complexity index is 213. The van der Waals surface area contributed by atoms with Gasteiger partial charge in [-0.3, -0.25) is 0 Å². The topological polar surface area (TPSA) is 56.8 Å². The molecule has 0 aromatic carbocycles. The molecule has 0 spiro atoms. The first kappa shape index (κ1) is 16.2. The lowest BCUT2D eigenvalue weighted by Crippen LogP contribution is -2.37. The van der Waals surface area contributed by atoms with E-state index in [1.807, 2.05) is 27.7 Å². The molecule has 0 rings (SSSR count). The van der Waals surface area contributed by atoms with E-state index in [1.54, 1.807) is 7.11 Å². The van der Waals surface area contributed by atoms with E-state index >= 15 is 0 Å². The minimum atomic E-state index is -0.470. The summed E-state index contributed by atoms with van der Waals surface area (Å²) in [4.78, 5) is 11.4. The maximum atomic E-state index is 11.4. The largest absolute Gasteiger partial charge is 0.444 e. The van der Waals surface area contributed by atoms with Crippen LogP contribution in [-0.4, -0.2) is 44.7 Å². The van der Waals surface area contributed by atoms with Gasteiger partial charge in [-0.15, -0.1) is 0 Å². The molecule has 1 amide bonds. The summed E-state index contributed by atoms with van der Waals surface area (Å²) in [6, 6.07) is 0. The number of ether oxygens (including phenoxy) is 3. The first-order valence-corrected chi connectivity index (χ1v) is 5.96. The van der Waals surface area contributed by atoms with Gasteiger partial charge in [-0.2, -0.15) is 0 Å². The van der Waals surface area contributed by atoms with E-state index in [2.05, 4.69) is 5.32 Å². The van der Waals surface area contributed by atoms with Gasteiger partial charge < -0.3 is 19.5 Å². The fourth-order valence-corrected chi connectivity index (χ4v) is 1.13. The van der Waals surface area contributed by atoms with Gasteiger partial charge in [0, 0.05) is 13.7 Å². The van der Waals surface area contributed by atoms with E-state index in [-0.39, 0.29) is 6.10 Å². The number of rotatable bonds is 7. The second-order valence-electron chi connectivity index (χ2n) is 4.78. The number of nitrogens with one attached hydrogen (secondary N) is 1. The molecule has 1 atom stereocenters. The molecule has 0 heterocycles. The fourth-order valence-electron chi connectivity index (χ4n) is 1.13. The van der Waals surface area contributed by atoms with Crippen LogP contribution in [0.15, 0.2) is 0 Å². The molecule has 5 heteroatoms. The molecule has 102 valence electrons. The Hall–Kier alpha value is -0.810. The Balaban J connectivity index is 3.78. The molecule has 0 aromatic rings. The smallest absolute Gasteiger partial charge is 0.407 e. The van der Waals surface area contributed by atoms with Gasteiger partial charge >= 0.3 is 6.09 Å². The zero-order valence-electron chi connectivity index (χ0n) is 11.5. The highest BCUT2D eigenvalue weighted by Gasteiger charge is 2.17. The fraction of sp³-hybridized carbons (Fsp3) is 0.917. The van der Waals surface area contributed by atoms with E-state index in [9.17, 15) is 4.79 Å². The molecular weight excluding hydrogens is 222 g/mol. The molecule has 0 saturated carbocycles. The van der Waals surface area contributed by atoms with Gasteiger partial charge in [0.05, 0.1) is 19.3 Å². The van der Waals surface area contributed by atoms with E-state index in [4.69, 9.17) is 14.2 Å². The monoisotopic (exact) mass is 247 g/mol. The third kappa shape index (κ3) is 10.1. The zero-order valence-corrected chi connectivity index (χ0v) is 11.5. The van der Waals surface area contributed by atoms with E-state index < -0.39 is 11.7 Å². The van der Waals surface area contributed by atoms with Crippen LogP contribution in [0.25, 0.3) is 0 Å². The summed E-state index contributed by atoms with van der Waals surface area (Å²) in [6.07, 6.45) is 0.420. The van der Waals surface area contributed by atoms with Crippen LogP contribution in [0.4, 0.5) is 4.79 Å². The van der Waals surface area contributed by atoms with Crippen molar-refractivity contribution < 1.29 is 19.0 Å². The van der Waals surface area contributed by atoms with Crippen LogP contribution in [0.3, 0.4) is 0 Å². The van der Waals surface area contributed by atoms with Crippen molar-refractivity contribution in [3.05, 3.63) is 0 Å². The Morgan fingerprint density at radius 3 is 2.41 bits per heavy atom. The second kappa shape index (κ2) is 8.31. The number of hydrogen-bond donors (Lipinski definition) is 1. The van der Waals surface area contributed by atoms with Crippen LogP contribution in [0.2, 0.25) is 0 Å². The molecule has 1 unspecified atom stereocenters. The standard InChI is InChI=1S/C12H25NO4/c1-6-10(16-8-7-15-5)9-13-11(14)17-12(2,3)4/h10H,6-9H2,1-5H3,(H,13,14). The van der Waals surface area contributed by atoms with Crippen LogP contribution in [0, 0.1) is 0 Å². The van der Waals surface area contributed by atoms with Crippen molar-refractivity contribution in [3.63, 3.8) is 0 Å². The lowest BCUT2D eigenvalue weighted by atomic mass is 10.2. The van der Waals surface area contributed by atoms with Crippen LogP contribution in [-0.2, 0) is 14.2 Å². The highest BCUT2D eigenvalue weighted by Crippen LogP contribution is 2.06. The number of carbonyl (C=O) groups is 1. The predicted octanol–water partition coefficient (Wildman–Crippen LogP) is 1.95. The molecule has 5 nitrogen and oxygen atoms in total. The maximum absolute atomic E-state index is 11.4. The summed E-state index contributed by atoms with van der Waals surface area (Å²) >= 11 is 0. The molecule has 0 bridgehead atoms. The van der Waals surface area contributed by atoms with Crippen molar-refractivity contribution in [2.24, 2.45) is 0 Å². The quantitative estimate of drug-likeness (QED) is 0.699. The summed E-state index contributed by atoms with van der Waals surface area (Å²) in [5.74, 6) is 0. The van der Waals surface area contributed by atoms with Crippen LogP contribution >= 0.6 is 0 Å². The van der Waals surface area contributed by atoms with Gasteiger partial charge in [0.2, 0.25) is 0 Å². The lowest BCUT2D eigenvalue weighted by Gasteiger charge is -2.21. The molecule has 0 aliphatic rings. The van der Waals surface area contributed by atoms with Gasteiger partial charge in [0.1, 0.15) is 5.60 Å². The van der Waals surface area contributed by atoms with Crippen molar-refractivity contribution in [2.75, 3.05) is 26.9 Å². The van der Waals surface area contributed by atoms with Gasteiger partial charge in [-0.25, -0.2) is 4.79 Å². The molecule has 17 heavy (non-hydrogen) atoms. The normalized spacial score (nSPS) is 13.2. The van der Waals surface area contributed by atoms with Crippen molar-refractivity contribution in [3.8, 4) is 0 Å². The van der Waals surface area contributed by atoms with Crippen molar-refractivity contribution in [1.29, 1.82) is 0 Å². The zero-order chi connectivity index (χ0) is 13.3. The Morgan fingerprint density at radius 2 is 1.94 bits per heavy atom. The molecular formula is C12H25NO4. The van der Waals surface area contributed by atoms with Crippen LogP contribution in [0.5, 0.6) is 0 Å². The summed E-state index contributed by atoms with van der Waals surface area (Å²) in [5, 5.41) is 2.69. The SMILES string of the molecule is CCC(CNC(=O)OC(C)(C)C)OCCOC. The third-order valence-corrected chi connectivity index (χ3v) is 1.97. The second-order valence-corrected chi connectivity index (χ2v) is 4.78. The molecule has 0 aromatic heterocycles. The van der Waals surface area contributed by atoms with E-state index in [1.165, 1.54) is 0 Å². The third-order valence-electron chi connectivity index (χ3n) is 1.97. The molecule has 0 radical (unpaired) electrons. The van der Waals surface area contributed by atoms with Crippen molar-refractivity contribution >= 4 is 6.09 Å².